The van der Waals surface area contributed by atoms with Crippen molar-refractivity contribution in [2.24, 2.45) is 0 Å². The van der Waals surface area contributed by atoms with Gasteiger partial charge in [-0.25, -0.2) is 9.97 Å². The minimum absolute atomic E-state index is 0.0685. The zero-order chi connectivity index (χ0) is 11.6. The Morgan fingerprint density at radius 3 is 2.27 bits per heavy atom. The molecule has 0 radical (unpaired) electrons. The smallest absolute Gasteiger partial charge is 0.242 e. The van der Waals surface area contributed by atoms with Crippen LogP contribution >= 0.6 is 0 Å². The van der Waals surface area contributed by atoms with Crippen molar-refractivity contribution < 1.29 is 17.6 Å². The van der Waals surface area contributed by atoms with E-state index in [1.807, 2.05) is 0 Å². The van der Waals surface area contributed by atoms with E-state index in [1.54, 1.807) is 6.92 Å². The molecule has 0 aliphatic rings. The minimum atomic E-state index is -4.57. The van der Waals surface area contributed by atoms with Gasteiger partial charge < -0.3 is 0 Å². The molecular formula is C9H10F4N2. The zero-order valence-corrected chi connectivity index (χ0v) is 8.32. The molecule has 0 saturated heterocycles. The van der Waals surface area contributed by atoms with Gasteiger partial charge in [-0.3, -0.25) is 0 Å². The highest BCUT2D eigenvalue weighted by Gasteiger charge is 2.36. The third-order valence-corrected chi connectivity index (χ3v) is 1.84. The predicted octanol–water partition coefficient (Wildman–Crippen LogP) is 2.90. The molecular weight excluding hydrogens is 212 g/mol. The van der Waals surface area contributed by atoms with Crippen molar-refractivity contribution in [1.82, 2.24) is 9.97 Å². The third-order valence-electron chi connectivity index (χ3n) is 1.84. The van der Waals surface area contributed by atoms with E-state index < -0.39 is 17.8 Å². The summed E-state index contributed by atoms with van der Waals surface area (Å²) in [6, 6.07) is 0. The molecule has 0 aromatic carbocycles. The zero-order valence-electron chi connectivity index (χ0n) is 8.32. The van der Waals surface area contributed by atoms with Crippen molar-refractivity contribution in [3.05, 3.63) is 23.0 Å². The number of rotatable bonds is 2. The topological polar surface area (TPSA) is 25.8 Å². The van der Waals surface area contributed by atoms with Gasteiger partial charge in [0.2, 0.25) is 5.95 Å². The molecule has 0 saturated carbocycles. The fourth-order valence-electron chi connectivity index (χ4n) is 1.17. The highest BCUT2D eigenvalue weighted by Crippen LogP contribution is 2.30. The Balaban J connectivity index is 3.28. The summed E-state index contributed by atoms with van der Waals surface area (Å²) in [5.74, 6) is -0.938. The molecule has 0 aliphatic heterocycles. The van der Waals surface area contributed by atoms with Crippen LogP contribution in [0.2, 0.25) is 0 Å². The molecule has 0 unspecified atom stereocenters. The van der Waals surface area contributed by atoms with Crippen molar-refractivity contribution in [3.63, 3.8) is 0 Å². The molecule has 0 bridgehead atoms. The van der Waals surface area contributed by atoms with Crippen LogP contribution in [0, 0.1) is 12.9 Å². The van der Waals surface area contributed by atoms with Crippen molar-refractivity contribution in [2.75, 3.05) is 0 Å². The van der Waals surface area contributed by atoms with Gasteiger partial charge in [0.15, 0.2) is 5.69 Å². The molecule has 6 heteroatoms. The van der Waals surface area contributed by atoms with Crippen LogP contribution in [0.3, 0.4) is 0 Å². The van der Waals surface area contributed by atoms with Gasteiger partial charge in [-0.2, -0.15) is 17.6 Å². The van der Waals surface area contributed by atoms with Crippen LogP contribution in [0.25, 0.3) is 0 Å². The maximum absolute atomic E-state index is 12.9. The van der Waals surface area contributed by atoms with Crippen LogP contribution in [-0.2, 0) is 12.6 Å². The van der Waals surface area contributed by atoms with Crippen molar-refractivity contribution in [2.45, 2.75) is 32.9 Å². The summed E-state index contributed by atoms with van der Waals surface area (Å²) in [5, 5.41) is 0. The van der Waals surface area contributed by atoms with E-state index in [-0.39, 0.29) is 17.8 Å². The second-order valence-corrected chi connectivity index (χ2v) is 3.14. The SMILES string of the molecule is CCCc1nc(F)c(C)nc1C(F)(F)F. The van der Waals surface area contributed by atoms with Crippen LogP contribution in [0.15, 0.2) is 0 Å². The van der Waals surface area contributed by atoms with E-state index in [0.717, 1.165) is 6.92 Å². The van der Waals surface area contributed by atoms with Gasteiger partial charge in [-0.05, 0) is 13.3 Å². The summed E-state index contributed by atoms with van der Waals surface area (Å²) in [6.45, 7) is 2.85. The average molecular weight is 222 g/mol. The highest BCUT2D eigenvalue weighted by molar-refractivity contribution is 5.17. The fraction of sp³-hybridized carbons (Fsp3) is 0.556. The molecule has 0 aliphatic carbocycles. The van der Waals surface area contributed by atoms with E-state index in [9.17, 15) is 17.6 Å². The van der Waals surface area contributed by atoms with E-state index in [0.29, 0.717) is 6.42 Å². The van der Waals surface area contributed by atoms with Crippen LogP contribution < -0.4 is 0 Å². The van der Waals surface area contributed by atoms with Crippen LogP contribution in [-0.4, -0.2) is 9.97 Å². The summed E-state index contributed by atoms with van der Waals surface area (Å²) in [6.07, 6.45) is -4.05. The van der Waals surface area contributed by atoms with Gasteiger partial charge in [-0.1, -0.05) is 13.3 Å². The lowest BCUT2D eigenvalue weighted by molar-refractivity contribution is -0.142. The summed E-state index contributed by atoms with van der Waals surface area (Å²) in [4.78, 5) is 6.48. The van der Waals surface area contributed by atoms with Crippen LogP contribution in [0.1, 0.15) is 30.4 Å². The molecule has 0 atom stereocenters. The van der Waals surface area contributed by atoms with Gasteiger partial charge in [0.25, 0.3) is 0 Å². The van der Waals surface area contributed by atoms with Crippen molar-refractivity contribution in [3.8, 4) is 0 Å². The first-order valence-corrected chi connectivity index (χ1v) is 4.46. The lowest BCUT2D eigenvalue weighted by Gasteiger charge is -2.11. The maximum Gasteiger partial charge on any atom is 0.435 e. The van der Waals surface area contributed by atoms with E-state index in [1.165, 1.54) is 0 Å². The first-order chi connectivity index (χ1) is 6.86. The second kappa shape index (κ2) is 4.12. The first-order valence-electron chi connectivity index (χ1n) is 4.46. The molecule has 0 N–H and O–H groups in total. The van der Waals surface area contributed by atoms with Crippen molar-refractivity contribution >= 4 is 0 Å². The number of aromatic nitrogens is 2. The Kier molecular flexibility index (Phi) is 3.26. The lowest BCUT2D eigenvalue weighted by Crippen LogP contribution is -2.16. The molecule has 84 valence electrons. The van der Waals surface area contributed by atoms with E-state index in [4.69, 9.17) is 0 Å². The fourth-order valence-corrected chi connectivity index (χ4v) is 1.17. The summed E-state index contributed by atoms with van der Waals surface area (Å²) >= 11 is 0. The molecule has 0 spiro atoms. The third kappa shape index (κ3) is 2.64. The quantitative estimate of drug-likeness (QED) is 0.719. The average Bonchev–Trinajstić information content (AvgIpc) is 2.09. The van der Waals surface area contributed by atoms with E-state index >= 15 is 0 Å². The Hall–Kier alpha value is -1.20. The number of hydrogen-bond acceptors (Lipinski definition) is 2. The number of alkyl halides is 3. The molecule has 0 amide bonds. The molecule has 2 nitrogen and oxygen atoms in total. The Labute approximate surface area is 84.4 Å². The largest absolute Gasteiger partial charge is 0.435 e. The Morgan fingerprint density at radius 2 is 1.80 bits per heavy atom. The molecule has 15 heavy (non-hydrogen) atoms. The number of halogens is 4. The highest BCUT2D eigenvalue weighted by atomic mass is 19.4. The molecule has 1 heterocycles. The normalized spacial score (nSPS) is 11.9. The summed E-state index contributed by atoms with van der Waals surface area (Å²) < 4.78 is 50.3. The molecule has 1 aromatic rings. The molecule has 1 rings (SSSR count). The molecule has 0 fully saturated rings. The van der Waals surface area contributed by atoms with Gasteiger partial charge in [-0.15, -0.1) is 0 Å². The summed E-state index contributed by atoms with van der Waals surface area (Å²) in [7, 11) is 0. The Morgan fingerprint density at radius 1 is 1.20 bits per heavy atom. The van der Waals surface area contributed by atoms with Crippen molar-refractivity contribution in [1.29, 1.82) is 0 Å². The van der Waals surface area contributed by atoms with Gasteiger partial charge in [0.1, 0.15) is 0 Å². The van der Waals surface area contributed by atoms with E-state index in [2.05, 4.69) is 9.97 Å². The van der Waals surface area contributed by atoms with Gasteiger partial charge in [0, 0.05) is 0 Å². The monoisotopic (exact) mass is 222 g/mol. The second-order valence-electron chi connectivity index (χ2n) is 3.14. The van der Waals surface area contributed by atoms with Crippen LogP contribution in [0.4, 0.5) is 17.6 Å². The van der Waals surface area contributed by atoms with Gasteiger partial charge >= 0.3 is 6.18 Å². The van der Waals surface area contributed by atoms with Gasteiger partial charge in [0.05, 0.1) is 11.4 Å². The minimum Gasteiger partial charge on any atom is -0.242 e. The summed E-state index contributed by atoms with van der Waals surface area (Å²) in [5.41, 5.74) is -1.74. The first kappa shape index (κ1) is 11.9. The predicted molar refractivity (Wildman–Crippen MR) is 45.7 cm³/mol. The molecule has 1 aromatic heterocycles. The Bertz CT molecular complexity index is 360. The van der Waals surface area contributed by atoms with Crippen LogP contribution in [0.5, 0.6) is 0 Å². The number of hydrogen-bond donors (Lipinski definition) is 0. The maximum atomic E-state index is 12.9. The number of aryl methyl sites for hydroxylation is 2. The lowest BCUT2D eigenvalue weighted by atomic mass is 10.2. The standard InChI is InChI=1S/C9H10F4N2/c1-3-4-6-7(9(11,12)13)14-5(2)8(10)15-6/h3-4H2,1-2H3. The number of nitrogens with zero attached hydrogens (tertiary/aromatic N) is 2.